The molecule has 0 bridgehead atoms. The Bertz CT molecular complexity index is 1260. The molecule has 4 aromatic rings. The molecule has 0 radical (unpaired) electrons. The van der Waals surface area contributed by atoms with Crippen LogP contribution in [0.2, 0.25) is 0 Å². The van der Waals surface area contributed by atoms with E-state index in [4.69, 9.17) is 0 Å². The van der Waals surface area contributed by atoms with E-state index in [1.165, 1.54) is 6.07 Å². The predicted molar refractivity (Wildman–Crippen MR) is 119 cm³/mol. The molecule has 1 amide bonds. The van der Waals surface area contributed by atoms with Crippen LogP contribution in [-0.4, -0.2) is 50.3 Å². The summed E-state index contributed by atoms with van der Waals surface area (Å²) in [4.78, 5) is 14.8. The van der Waals surface area contributed by atoms with Crippen LogP contribution < -0.4 is 5.32 Å². The smallest absolute Gasteiger partial charge is 0.256 e. The molecule has 2 aromatic carbocycles. The third-order valence-electron chi connectivity index (χ3n) is 5.68. The highest BCUT2D eigenvalue weighted by Gasteiger charge is 2.28. The van der Waals surface area contributed by atoms with E-state index in [1.54, 1.807) is 35.5 Å². The van der Waals surface area contributed by atoms with Crippen LogP contribution in [0.1, 0.15) is 28.0 Å². The molecule has 5 rings (SSSR count). The number of carbonyl (C=O) groups excluding carboxylic acids is 1. The summed E-state index contributed by atoms with van der Waals surface area (Å²) in [6.07, 6.45) is 4.55. The minimum Gasteiger partial charge on any atom is -0.364 e. The normalized spacial score (nSPS) is 15.8. The topological polar surface area (TPSA) is 83.9 Å². The molecule has 3 heterocycles. The number of hydrogen-bond acceptors (Lipinski definition) is 6. The third-order valence-corrected chi connectivity index (χ3v) is 5.68. The lowest BCUT2D eigenvalue weighted by Crippen LogP contribution is -2.32. The molecule has 7 nitrogen and oxygen atoms in total. The Balaban J connectivity index is 1.33. The fraction of sp³-hybridized carbons (Fsp3) is 0.208. The number of benzene rings is 2. The van der Waals surface area contributed by atoms with Crippen LogP contribution in [0, 0.1) is 5.82 Å². The number of halogens is 1. The zero-order valence-electron chi connectivity index (χ0n) is 17.3. The lowest BCUT2D eigenvalue weighted by molar-refractivity contribution is 0.0787. The van der Waals surface area contributed by atoms with E-state index in [0.29, 0.717) is 25.3 Å². The second-order valence-corrected chi connectivity index (χ2v) is 7.86. The highest BCUT2D eigenvalue weighted by Crippen LogP contribution is 2.22. The molecule has 1 saturated heterocycles. The summed E-state index contributed by atoms with van der Waals surface area (Å²) in [6.45, 7) is 1.03. The van der Waals surface area contributed by atoms with E-state index < -0.39 is 5.82 Å². The minimum absolute atomic E-state index is 0.0489. The summed E-state index contributed by atoms with van der Waals surface area (Å²) in [6, 6.07) is 16.2. The van der Waals surface area contributed by atoms with Gasteiger partial charge in [0, 0.05) is 42.5 Å². The number of anilines is 1. The molecule has 0 aliphatic carbocycles. The molecule has 32 heavy (non-hydrogen) atoms. The summed E-state index contributed by atoms with van der Waals surface area (Å²) in [5.41, 5.74) is 1.69. The first-order chi connectivity index (χ1) is 15.7. The van der Waals surface area contributed by atoms with Crippen molar-refractivity contribution in [3.05, 3.63) is 89.6 Å². The number of likely N-dealkylation sites (tertiary alicyclic amines) is 1. The number of hydrogen-bond donors (Lipinski definition) is 1. The van der Waals surface area contributed by atoms with Crippen molar-refractivity contribution in [2.24, 2.45) is 0 Å². The van der Waals surface area contributed by atoms with Crippen LogP contribution in [0.5, 0.6) is 0 Å². The summed E-state index contributed by atoms with van der Waals surface area (Å²) >= 11 is 0. The molecule has 1 N–H and O–H groups in total. The summed E-state index contributed by atoms with van der Waals surface area (Å²) in [7, 11) is 0. The lowest BCUT2D eigenvalue weighted by atomic mass is 10.0. The maximum Gasteiger partial charge on any atom is 0.256 e. The molecule has 0 saturated carbocycles. The number of amides is 1. The second kappa shape index (κ2) is 8.66. The van der Waals surface area contributed by atoms with Gasteiger partial charge in [0.05, 0.1) is 17.5 Å². The van der Waals surface area contributed by atoms with E-state index >= 15 is 0 Å². The Morgan fingerprint density at radius 2 is 2.00 bits per heavy atom. The largest absolute Gasteiger partial charge is 0.364 e. The van der Waals surface area contributed by atoms with Crippen molar-refractivity contribution in [2.45, 2.75) is 18.9 Å². The highest BCUT2D eigenvalue weighted by molar-refractivity contribution is 5.95. The van der Waals surface area contributed by atoms with Gasteiger partial charge in [-0.1, -0.05) is 30.3 Å². The molecule has 1 atom stereocenters. The number of nitrogens with zero attached hydrogens (tertiary/aromatic N) is 5. The van der Waals surface area contributed by atoms with Gasteiger partial charge in [0.1, 0.15) is 11.6 Å². The first kappa shape index (κ1) is 20.0. The molecule has 1 aliphatic rings. The quantitative estimate of drug-likeness (QED) is 0.524. The van der Waals surface area contributed by atoms with Gasteiger partial charge in [-0.15, -0.1) is 5.10 Å². The van der Waals surface area contributed by atoms with E-state index in [0.717, 1.165) is 28.5 Å². The molecule has 1 fully saturated rings. The monoisotopic (exact) mass is 428 g/mol. The summed E-state index contributed by atoms with van der Waals surface area (Å²) in [5, 5.41) is 21.5. The van der Waals surface area contributed by atoms with Crippen LogP contribution >= 0.6 is 0 Å². The average Bonchev–Trinajstić information content (AvgIpc) is 3.29. The minimum atomic E-state index is -0.520. The van der Waals surface area contributed by atoms with E-state index in [1.807, 2.05) is 30.3 Å². The van der Waals surface area contributed by atoms with Crippen molar-refractivity contribution in [1.29, 1.82) is 0 Å². The second-order valence-electron chi connectivity index (χ2n) is 7.86. The average molecular weight is 428 g/mol. The molecule has 160 valence electrons. The molecule has 2 aromatic heterocycles. The Morgan fingerprint density at radius 1 is 1.09 bits per heavy atom. The number of nitrogens with one attached hydrogen (secondary N) is 1. The Morgan fingerprint density at radius 3 is 2.88 bits per heavy atom. The van der Waals surface area contributed by atoms with Crippen LogP contribution in [0.3, 0.4) is 0 Å². The summed E-state index contributed by atoms with van der Waals surface area (Å²) in [5.74, 6) is -0.166. The zero-order chi connectivity index (χ0) is 21.9. The van der Waals surface area contributed by atoms with E-state index in [2.05, 4.69) is 25.7 Å². The molecular formula is C24H21FN6O. The standard InChI is InChI=1S/C24H21FN6O/c25-21-8-7-16(13-22-19-5-2-1-4-17(19)14-27-29-22)12-20(21)24(32)31-11-9-18(15-31)28-23-6-3-10-26-30-23/h1-8,10,12,14,18H,9,11,13,15H2,(H,28,30)/t18-/m1/s1. The van der Waals surface area contributed by atoms with Crippen molar-refractivity contribution >= 4 is 22.5 Å². The van der Waals surface area contributed by atoms with E-state index in [-0.39, 0.29) is 17.5 Å². The molecule has 8 heteroatoms. The van der Waals surface area contributed by atoms with E-state index in [9.17, 15) is 9.18 Å². The first-order valence-electron chi connectivity index (χ1n) is 10.5. The number of fused-ring (bicyclic) bond motifs is 1. The van der Waals surface area contributed by atoms with Crippen LogP contribution in [0.25, 0.3) is 10.8 Å². The van der Waals surface area contributed by atoms with Gasteiger partial charge in [-0.05, 0) is 36.2 Å². The van der Waals surface area contributed by atoms with Gasteiger partial charge < -0.3 is 10.2 Å². The SMILES string of the molecule is O=C(c1cc(Cc2nncc3ccccc23)ccc1F)N1CC[C@@H](Nc2cccnn2)C1. The van der Waals surface area contributed by atoms with Crippen molar-refractivity contribution in [2.75, 3.05) is 18.4 Å². The zero-order valence-corrected chi connectivity index (χ0v) is 17.3. The Labute approximate surface area is 184 Å². The van der Waals surface area contributed by atoms with Gasteiger partial charge in [0.25, 0.3) is 5.91 Å². The van der Waals surface area contributed by atoms with Gasteiger partial charge >= 0.3 is 0 Å². The molecular weight excluding hydrogens is 407 g/mol. The van der Waals surface area contributed by atoms with Crippen LogP contribution in [-0.2, 0) is 6.42 Å². The fourth-order valence-electron chi connectivity index (χ4n) is 4.08. The maximum atomic E-state index is 14.6. The fourth-order valence-corrected chi connectivity index (χ4v) is 4.08. The number of rotatable bonds is 5. The molecule has 0 spiro atoms. The van der Waals surface area contributed by atoms with Gasteiger partial charge in [-0.3, -0.25) is 4.79 Å². The highest BCUT2D eigenvalue weighted by atomic mass is 19.1. The lowest BCUT2D eigenvalue weighted by Gasteiger charge is -2.18. The van der Waals surface area contributed by atoms with Crippen LogP contribution in [0.15, 0.2) is 67.0 Å². The van der Waals surface area contributed by atoms with Gasteiger partial charge in [0.2, 0.25) is 0 Å². The third kappa shape index (κ3) is 4.12. The Kier molecular flexibility index (Phi) is 5.41. The molecule has 1 aliphatic heterocycles. The van der Waals surface area contributed by atoms with Crippen molar-refractivity contribution < 1.29 is 9.18 Å². The van der Waals surface area contributed by atoms with Crippen molar-refractivity contribution in [1.82, 2.24) is 25.3 Å². The summed E-state index contributed by atoms with van der Waals surface area (Å²) < 4.78 is 14.6. The maximum absolute atomic E-state index is 14.6. The number of carbonyl (C=O) groups is 1. The number of aromatic nitrogens is 4. The predicted octanol–water partition coefficient (Wildman–Crippen LogP) is 3.48. The van der Waals surface area contributed by atoms with Gasteiger partial charge in [0.15, 0.2) is 0 Å². The van der Waals surface area contributed by atoms with Crippen LogP contribution in [0.4, 0.5) is 10.2 Å². The first-order valence-corrected chi connectivity index (χ1v) is 10.5. The van der Waals surface area contributed by atoms with Crippen molar-refractivity contribution in [3.8, 4) is 0 Å². The van der Waals surface area contributed by atoms with Gasteiger partial charge in [-0.25, -0.2) is 4.39 Å². The van der Waals surface area contributed by atoms with Crippen molar-refractivity contribution in [3.63, 3.8) is 0 Å². The van der Waals surface area contributed by atoms with Gasteiger partial charge in [-0.2, -0.15) is 15.3 Å². The molecule has 0 unspecified atom stereocenters. The Hall–Kier alpha value is -3.94.